The van der Waals surface area contributed by atoms with Crippen molar-refractivity contribution in [1.82, 2.24) is 4.90 Å². The number of nitrogens with two attached hydrogens (primary N) is 1. The van der Waals surface area contributed by atoms with E-state index in [1.54, 1.807) is 0 Å². The van der Waals surface area contributed by atoms with E-state index in [2.05, 4.69) is 0 Å². The first-order valence-corrected chi connectivity index (χ1v) is 6.20. The topological polar surface area (TPSA) is 46.3 Å². The number of rotatable bonds is 2. The third-order valence-electron chi connectivity index (χ3n) is 4.03. The van der Waals surface area contributed by atoms with Gasteiger partial charge in [0.2, 0.25) is 5.91 Å². The van der Waals surface area contributed by atoms with E-state index in [9.17, 15) is 4.79 Å². The van der Waals surface area contributed by atoms with Gasteiger partial charge in [-0.3, -0.25) is 4.79 Å². The summed E-state index contributed by atoms with van der Waals surface area (Å²) in [6.45, 7) is 0. The molecule has 0 heterocycles. The summed E-state index contributed by atoms with van der Waals surface area (Å²) in [5.74, 6) is 0.550. The summed E-state index contributed by atoms with van der Waals surface area (Å²) in [5.41, 5.74) is 5.91. The zero-order chi connectivity index (χ0) is 10.8. The van der Waals surface area contributed by atoms with E-state index in [0.717, 1.165) is 25.7 Å². The highest BCUT2D eigenvalue weighted by Gasteiger charge is 2.32. The van der Waals surface area contributed by atoms with Crippen LogP contribution in [0.5, 0.6) is 0 Å². The maximum absolute atomic E-state index is 12.1. The molecular weight excluding hydrogens is 188 g/mol. The van der Waals surface area contributed by atoms with Crippen molar-refractivity contribution in [1.29, 1.82) is 0 Å². The van der Waals surface area contributed by atoms with Crippen LogP contribution in [0, 0.1) is 5.92 Å². The minimum absolute atomic E-state index is 0.208. The molecule has 0 aromatic rings. The van der Waals surface area contributed by atoms with Gasteiger partial charge >= 0.3 is 0 Å². The standard InChI is InChI=1S/C12H22N2O/c1-14(11-6-3-7-11)12(15)9-4-2-5-10(13)8-9/h9-11H,2-8,13H2,1H3. The van der Waals surface area contributed by atoms with Gasteiger partial charge < -0.3 is 10.6 Å². The molecule has 2 unspecified atom stereocenters. The number of hydrogen-bond acceptors (Lipinski definition) is 2. The molecule has 2 aliphatic rings. The van der Waals surface area contributed by atoms with Crippen LogP contribution in [0.3, 0.4) is 0 Å². The Balaban J connectivity index is 1.88. The lowest BCUT2D eigenvalue weighted by Gasteiger charge is -2.38. The Morgan fingerprint density at radius 1 is 1.20 bits per heavy atom. The van der Waals surface area contributed by atoms with Gasteiger partial charge in [-0.25, -0.2) is 0 Å². The summed E-state index contributed by atoms with van der Waals surface area (Å²) in [6.07, 6.45) is 7.83. The number of amides is 1. The number of nitrogens with zero attached hydrogens (tertiary/aromatic N) is 1. The number of hydrogen-bond donors (Lipinski definition) is 1. The first-order valence-electron chi connectivity index (χ1n) is 6.20. The summed E-state index contributed by atoms with van der Waals surface area (Å²) < 4.78 is 0. The summed E-state index contributed by atoms with van der Waals surface area (Å²) in [5, 5.41) is 0. The highest BCUT2D eigenvalue weighted by Crippen LogP contribution is 2.29. The third kappa shape index (κ3) is 2.33. The highest BCUT2D eigenvalue weighted by atomic mass is 16.2. The third-order valence-corrected chi connectivity index (χ3v) is 4.03. The van der Waals surface area contributed by atoms with Crippen LogP contribution < -0.4 is 5.73 Å². The predicted octanol–water partition coefficient (Wildman–Crippen LogP) is 1.51. The molecule has 2 aliphatic carbocycles. The fourth-order valence-electron chi connectivity index (χ4n) is 2.69. The Labute approximate surface area is 92.0 Å². The maximum atomic E-state index is 12.1. The first kappa shape index (κ1) is 10.9. The molecule has 1 amide bonds. The van der Waals surface area contributed by atoms with Gasteiger partial charge in [0.25, 0.3) is 0 Å². The van der Waals surface area contributed by atoms with Gasteiger partial charge in [-0.15, -0.1) is 0 Å². The minimum atomic E-state index is 0.208. The molecule has 0 aliphatic heterocycles. The molecule has 0 radical (unpaired) electrons. The fourth-order valence-corrected chi connectivity index (χ4v) is 2.69. The first-order chi connectivity index (χ1) is 7.18. The second-order valence-electron chi connectivity index (χ2n) is 5.16. The van der Waals surface area contributed by atoms with Crippen molar-refractivity contribution >= 4 is 5.91 Å². The largest absolute Gasteiger partial charge is 0.343 e. The van der Waals surface area contributed by atoms with Crippen molar-refractivity contribution in [2.75, 3.05) is 7.05 Å². The molecular formula is C12H22N2O. The lowest BCUT2D eigenvalue weighted by molar-refractivity contribution is -0.139. The van der Waals surface area contributed by atoms with Crippen molar-refractivity contribution < 1.29 is 4.79 Å². The van der Waals surface area contributed by atoms with Crippen molar-refractivity contribution in [2.45, 2.75) is 57.0 Å². The molecule has 0 bridgehead atoms. The van der Waals surface area contributed by atoms with Crippen LogP contribution in [0.25, 0.3) is 0 Å². The smallest absolute Gasteiger partial charge is 0.225 e. The van der Waals surface area contributed by atoms with Gasteiger partial charge in [0, 0.05) is 25.0 Å². The Bertz CT molecular complexity index is 238. The van der Waals surface area contributed by atoms with E-state index >= 15 is 0 Å². The minimum Gasteiger partial charge on any atom is -0.343 e. The second-order valence-corrected chi connectivity index (χ2v) is 5.16. The molecule has 15 heavy (non-hydrogen) atoms. The predicted molar refractivity (Wildman–Crippen MR) is 60.3 cm³/mol. The van der Waals surface area contributed by atoms with Gasteiger partial charge in [0.1, 0.15) is 0 Å². The van der Waals surface area contributed by atoms with Crippen molar-refractivity contribution in [3.05, 3.63) is 0 Å². The second kappa shape index (κ2) is 4.52. The van der Waals surface area contributed by atoms with Crippen LogP contribution in [-0.2, 0) is 4.79 Å². The van der Waals surface area contributed by atoms with E-state index in [-0.39, 0.29) is 12.0 Å². The monoisotopic (exact) mass is 210 g/mol. The number of carbonyl (C=O) groups is 1. The van der Waals surface area contributed by atoms with Crippen LogP contribution in [0.1, 0.15) is 44.9 Å². The van der Waals surface area contributed by atoms with Gasteiger partial charge in [-0.05, 0) is 38.5 Å². The lowest BCUT2D eigenvalue weighted by Crippen LogP contribution is -2.46. The van der Waals surface area contributed by atoms with Crippen LogP contribution in [0.4, 0.5) is 0 Å². The number of carbonyl (C=O) groups excluding carboxylic acids is 1. The molecule has 3 nitrogen and oxygen atoms in total. The molecule has 2 atom stereocenters. The Hall–Kier alpha value is -0.570. The average Bonchev–Trinajstić information content (AvgIpc) is 2.14. The average molecular weight is 210 g/mol. The van der Waals surface area contributed by atoms with Crippen LogP contribution in [-0.4, -0.2) is 29.9 Å². The van der Waals surface area contributed by atoms with Gasteiger partial charge in [-0.2, -0.15) is 0 Å². The Kier molecular flexibility index (Phi) is 3.29. The molecule has 3 heteroatoms. The SMILES string of the molecule is CN(C(=O)C1CCCC(N)C1)C1CCC1. The molecule has 2 rings (SSSR count). The molecule has 2 fully saturated rings. The summed E-state index contributed by atoms with van der Waals surface area (Å²) >= 11 is 0. The van der Waals surface area contributed by atoms with Gasteiger partial charge in [0.15, 0.2) is 0 Å². The van der Waals surface area contributed by atoms with Crippen molar-refractivity contribution in [2.24, 2.45) is 11.7 Å². The molecule has 0 saturated heterocycles. The normalized spacial score (nSPS) is 32.1. The molecule has 2 N–H and O–H groups in total. The summed E-state index contributed by atoms with van der Waals surface area (Å²) in [6, 6.07) is 0.776. The summed E-state index contributed by atoms with van der Waals surface area (Å²) in [4.78, 5) is 14.1. The highest BCUT2D eigenvalue weighted by molar-refractivity contribution is 5.79. The Morgan fingerprint density at radius 3 is 2.40 bits per heavy atom. The van der Waals surface area contributed by atoms with Crippen molar-refractivity contribution in [3.8, 4) is 0 Å². The van der Waals surface area contributed by atoms with E-state index in [1.165, 1.54) is 19.3 Å². The van der Waals surface area contributed by atoms with Crippen LogP contribution >= 0.6 is 0 Å². The van der Waals surface area contributed by atoms with Gasteiger partial charge in [0.05, 0.1) is 0 Å². The van der Waals surface area contributed by atoms with E-state index in [1.807, 2.05) is 11.9 Å². The van der Waals surface area contributed by atoms with Gasteiger partial charge in [-0.1, -0.05) is 6.42 Å². The quantitative estimate of drug-likeness (QED) is 0.751. The molecule has 0 aromatic heterocycles. The Morgan fingerprint density at radius 2 is 1.87 bits per heavy atom. The van der Waals surface area contributed by atoms with E-state index in [0.29, 0.717) is 11.9 Å². The van der Waals surface area contributed by atoms with Crippen LogP contribution in [0.2, 0.25) is 0 Å². The summed E-state index contributed by atoms with van der Waals surface area (Å²) in [7, 11) is 1.96. The van der Waals surface area contributed by atoms with Crippen molar-refractivity contribution in [3.63, 3.8) is 0 Å². The zero-order valence-electron chi connectivity index (χ0n) is 9.61. The van der Waals surface area contributed by atoms with E-state index < -0.39 is 0 Å². The fraction of sp³-hybridized carbons (Fsp3) is 0.917. The lowest BCUT2D eigenvalue weighted by atomic mass is 9.84. The molecule has 0 aromatic carbocycles. The molecule has 2 saturated carbocycles. The molecule has 86 valence electrons. The maximum Gasteiger partial charge on any atom is 0.225 e. The van der Waals surface area contributed by atoms with Crippen LogP contribution in [0.15, 0.2) is 0 Å². The zero-order valence-corrected chi connectivity index (χ0v) is 9.61. The molecule has 0 spiro atoms. The van der Waals surface area contributed by atoms with E-state index in [4.69, 9.17) is 5.73 Å².